The van der Waals surface area contributed by atoms with Gasteiger partial charge in [-0.05, 0) is 19.1 Å². The van der Waals surface area contributed by atoms with Gasteiger partial charge in [-0.1, -0.05) is 43.0 Å². The molecule has 0 spiro atoms. The minimum atomic E-state index is -1.37. The van der Waals surface area contributed by atoms with Crippen LogP contribution in [0.25, 0.3) is 10.9 Å². The van der Waals surface area contributed by atoms with E-state index >= 15 is 0 Å². The zero-order chi connectivity index (χ0) is 18.6. The number of carboxylic acids is 1. The number of carbonyl (C=O) groups is 2. The highest BCUT2D eigenvalue weighted by Crippen LogP contribution is 2.51. The molecule has 1 amide bonds. The number of fused-ring (bicyclic) bond motifs is 2. The van der Waals surface area contributed by atoms with E-state index in [4.69, 9.17) is 0 Å². The Kier molecular flexibility index (Phi) is 4.00. The smallest absolute Gasteiger partial charge is 0.235 e. The number of aliphatic hydroxyl groups is 1. The lowest BCUT2D eigenvalue weighted by Gasteiger charge is -2.47. The predicted octanol–water partition coefficient (Wildman–Crippen LogP) is 1.15. The molecule has 26 heavy (non-hydrogen) atoms. The molecule has 1 aromatic carbocycles. The third kappa shape index (κ3) is 2.42. The number of hydrogen-bond donors (Lipinski definition) is 1. The van der Waals surface area contributed by atoms with Gasteiger partial charge in [-0.2, -0.15) is 0 Å². The normalized spacial score (nSPS) is 26.0. The first kappa shape index (κ1) is 17.1. The van der Waals surface area contributed by atoms with Crippen molar-refractivity contribution in [2.24, 2.45) is 11.8 Å². The summed E-state index contributed by atoms with van der Waals surface area (Å²) in [5.41, 5.74) is 0.726. The first-order valence-electron chi connectivity index (χ1n) is 8.40. The average Bonchev–Trinajstić information content (AvgIpc) is 2.84. The Morgan fingerprint density at radius 1 is 1.31 bits per heavy atom. The molecule has 1 aromatic heterocycles. The number of pyridine rings is 1. The van der Waals surface area contributed by atoms with Crippen LogP contribution in [0.2, 0.25) is 0 Å². The van der Waals surface area contributed by atoms with E-state index in [0.717, 1.165) is 10.9 Å². The fraction of sp³-hybridized carbons (Fsp3) is 0.316. The van der Waals surface area contributed by atoms with Gasteiger partial charge in [0, 0.05) is 16.2 Å². The Morgan fingerprint density at radius 3 is 2.73 bits per heavy atom. The van der Waals surface area contributed by atoms with Crippen molar-refractivity contribution in [1.82, 2.24) is 9.88 Å². The van der Waals surface area contributed by atoms with Crippen LogP contribution in [-0.4, -0.2) is 39.0 Å². The first-order valence-corrected chi connectivity index (χ1v) is 9.22. The fourth-order valence-corrected chi connectivity index (χ4v) is 4.97. The summed E-state index contributed by atoms with van der Waals surface area (Å²) < 4.78 is 0. The van der Waals surface area contributed by atoms with E-state index in [9.17, 15) is 19.8 Å². The van der Waals surface area contributed by atoms with Crippen LogP contribution >= 0.6 is 11.8 Å². The molecule has 0 saturated carbocycles. The molecular weight excluding hydrogens is 352 g/mol. The Morgan fingerprint density at radius 2 is 2.04 bits per heavy atom. The molecule has 134 valence electrons. The van der Waals surface area contributed by atoms with E-state index in [1.54, 1.807) is 6.92 Å². The number of aromatic nitrogens is 1. The molecule has 1 fully saturated rings. The second kappa shape index (κ2) is 6.10. The maximum Gasteiger partial charge on any atom is 0.235 e. The van der Waals surface area contributed by atoms with Gasteiger partial charge < -0.3 is 19.9 Å². The van der Waals surface area contributed by atoms with Crippen molar-refractivity contribution in [1.29, 1.82) is 0 Å². The molecule has 7 heteroatoms. The molecular formula is C19H17N2O4S-. The van der Waals surface area contributed by atoms with Crippen molar-refractivity contribution in [3.63, 3.8) is 0 Å². The van der Waals surface area contributed by atoms with E-state index in [-0.39, 0.29) is 23.6 Å². The third-order valence-corrected chi connectivity index (χ3v) is 6.31. The second-order valence-electron chi connectivity index (χ2n) is 6.70. The molecule has 0 bridgehead atoms. The third-order valence-electron chi connectivity index (χ3n) is 5.09. The van der Waals surface area contributed by atoms with Crippen molar-refractivity contribution in [2.75, 3.05) is 0 Å². The number of amides is 1. The molecule has 6 nitrogen and oxygen atoms in total. The summed E-state index contributed by atoms with van der Waals surface area (Å²) >= 11 is 1.25. The molecule has 1 N–H and O–H groups in total. The lowest BCUT2D eigenvalue weighted by Crippen LogP contribution is -2.64. The summed E-state index contributed by atoms with van der Waals surface area (Å²) in [6, 6.07) is 11.1. The van der Waals surface area contributed by atoms with Crippen LogP contribution in [0.4, 0.5) is 0 Å². The lowest BCUT2D eigenvalue weighted by atomic mass is 9.79. The van der Waals surface area contributed by atoms with E-state index in [1.807, 2.05) is 43.3 Å². The molecule has 0 radical (unpaired) electrons. The highest BCUT2D eigenvalue weighted by Gasteiger charge is 2.58. The number of rotatable bonds is 4. The molecule has 3 heterocycles. The van der Waals surface area contributed by atoms with Gasteiger partial charge in [0.15, 0.2) is 0 Å². The van der Waals surface area contributed by atoms with Crippen molar-refractivity contribution in [3.05, 3.63) is 47.0 Å². The van der Waals surface area contributed by atoms with E-state index < -0.39 is 18.0 Å². The van der Waals surface area contributed by atoms with E-state index in [1.165, 1.54) is 16.7 Å². The predicted molar refractivity (Wildman–Crippen MR) is 94.6 cm³/mol. The van der Waals surface area contributed by atoms with Crippen LogP contribution < -0.4 is 5.11 Å². The van der Waals surface area contributed by atoms with Gasteiger partial charge in [-0.3, -0.25) is 4.79 Å². The number of aliphatic hydroxyl groups excluding tert-OH is 1. The number of carboxylic acid groups (broad SMARTS) is 1. The molecule has 2 aliphatic heterocycles. The maximum atomic E-state index is 12.3. The largest absolute Gasteiger partial charge is 0.543 e. The summed E-state index contributed by atoms with van der Waals surface area (Å²) in [4.78, 5) is 30.4. The molecule has 1 saturated heterocycles. The number of β-lactam (4-membered cyclic amide) rings is 1. The quantitative estimate of drug-likeness (QED) is 0.813. The van der Waals surface area contributed by atoms with Crippen molar-refractivity contribution < 1.29 is 19.8 Å². The van der Waals surface area contributed by atoms with Gasteiger partial charge in [0.2, 0.25) is 5.91 Å². The van der Waals surface area contributed by atoms with Gasteiger partial charge in [0.25, 0.3) is 0 Å². The summed E-state index contributed by atoms with van der Waals surface area (Å²) in [7, 11) is 0. The second-order valence-corrected chi connectivity index (χ2v) is 7.76. The zero-order valence-electron chi connectivity index (χ0n) is 14.2. The molecule has 4 atom stereocenters. The van der Waals surface area contributed by atoms with Crippen LogP contribution in [-0.2, 0) is 9.59 Å². The average molecular weight is 369 g/mol. The van der Waals surface area contributed by atoms with Gasteiger partial charge in [-0.25, -0.2) is 4.98 Å². The van der Waals surface area contributed by atoms with Crippen LogP contribution in [0.5, 0.6) is 0 Å². The van der Waals surface area contributed by atoms with Gasteiger partial charge >= 0.3 is 0 Å². The maximum absolute atomic E-state index is 12.3. The van der Waals surface area contributed by atoms with Crippen LogP contribution in [0.1, 0.15) is 13.8 Å². The molecule has 4 rings (SSSR count). The van der Waals surface area contributed by atoms with Crippen molar-refractivity contribution in [3.8, 4) is 0 Å². The summed E-state index contributed by atoms with van der Waals surface area (Å²) in [6.07, 6.45) is -0.822. The number of aliphatic carboxylic acids is 1. The van der Waals surface area contributed by atoms with Crippen LogP contribution in [0.3, 0.4) is 0 Å². The van der Waals surface area contributed by atoms with Gasteiger partial charge in [-0.15, -0.1) is 0 Å². The minimum Gasteiger partial charge on any atom is -0.543 e. The number of para-hydroxylation sites is 1. The van der Waals surface area contributed by atoms with Crippen molar-refractivity contribution in [2.45, 2.75) is 31.0 Å². The Balaban J connectivity index is 1.72. The Labute approximate surface area is 154 Å². The zero-order valence-corrected chi connectivity index (χ0v) is 15.1. The van der Waals surface area contributed by atoms with Gasteiger partial charge in [0.05, 0.1) is 35.2 Å². The standard InChI is InChI=1S/C19H18N2O4S/c1-9-15-14(10(2)22)18(23)21(15)16(19(24)25)17(9)26-13-8-7-11-5-3-4-6-12(11)20-13/h3-10,14-15,22H,1-2H3,(H,24,25)/p-1/t9-,10-,14-,15-/m1/s1. The SMILES string of the molecule is C[C@@H](O)[C@H]1C(=O)N2C(C(=O)[O-])=C(Sc3ccc4ccccc4n3)[C@H](C)[C@H]12. The topological polar surface area (TPSA) is 93.6 Å². The minimum absolute atomic E-state index is 0.0932. The summed E-state index contributed by atoms with van der Waals surface area (Å²) in [5, 5.41) is 23.3. The Bertz CT molecular complexity index is 955. The number of thioether (sulfide) groups is 1. The molecule has 2 aliphatic rings. The van der Waals surface area contributed by atoms with E-state index in [2.05, 4.69) is 4.98 Å². The molecule has 2 aromatic rings. The monoisotopic (exact) mass is 369 g/mol. The fourth-order valence-electron chi connectivity index (χ4n) is 3.86. The number of benzene rings is 1. The summed E-state index contributed by atoms with van der Waals surface area (Å²) in [6.45, 7) is 3.43. The Hall–Kier alpha value is -2.38. The lowest BCUT2D eigenvalue weighted by molar-refractivity contribution is -0.301. The number of hydrogen-bond acceptors (Lipinski definition) is 6. The van der Waals surface area contributed by atoms with Gasteiger partial charge in [0.1, 0.15) is 5.03 Å². The summed E-state index contributed by atoms with van der Waals surface area (Å²) in [5.74, 6) is -2.53. The van der Waals surface area contributed by atoms with Crippen LogP contribution in [0, 0.1) is 11.8 Å². The molecule has 0 unspecified atom stereocenters. The van der Waals surface area contributed by atoms with Crippen molar-refractivity contribution >= 4 is 34.5 Å². The highest BCUT2D eigenvalue weighted by atomic mass is 32.2. The van der Waals surface area contributed by atoms with E-state index in [0.29, 0.717) is 9.93 Å². The number of nitrogens with zero attached hydrogens (tertiary/aromatic N) is 2. The van der Waals surface area contributed by atoms with Crippen LogP contribution in [0.15, 0.2) is 52.0 Å². The highest BCUT2D eigenvalue weighted by molar-refractivity contribution is 8.03. The number of carbonyl (C=O) groups excluding carboxylic acids is 2. The molecule has 0 aliphatic carbocycles. The first-order chi connectivity index (χ1) is 12.4.